The highest BCUT2D eigenvalue weighted by atomic mass is 79.9. The third-order valence-electron chi connectivity index (χ3n) is 2.89. The number of aromatic hydroxyl groups is 1. The predicted octanol–water partition coefficient (Wildman–Crippen LogP) is 4.68. The van der Waals surface area contributed by atoms with Crippen molar-refractivity contribution in [1.29, 1.82) is 0 Å². The van der Waals surface area contributed by atoms with Crippen molar-refractivity contribution in [2.45, 2.75) is 13.8 Å². The van der Waals surface area contributed by atoms with Gasteiger partial charge in [0.25, 0.3) is 5.91 Å². The Kier molecular flexibility index (Phi) is 4.35. The van der Waals surface area contributed by atoms with Crippen molar-refractivity contribution in [1.82, 2.24) is 0 Å². The molecular formula is C15H13BrClNO2. The lowest BCUT2D eigenvalue weighted by Gasteiger charge is -2.11. The summed E-state index contributed by atoms with van der Waals surface area (Å²) in [6, 6.07) is 8.38. The van der Waals surface area contributed by atoms with E-state index in [1.165, 1.54) is 6.07 Å². The molecule has 0 spiro atoms. The van der Waals surface area contributed by atoms with Gasteiger partial charge in [-0.1, -0.05) is 23.2 Å². The van der Waals surface area contributed by atoms with Gasteiger partial charge in [-0.2, -0.15) is 0 Å². The van der Waals surface area contributed by atoms with Crippen LogP contribution in [-0.4, -0.2) is 11.0 Å². The number of anilines is 1. The van der Waals surface area contributed by atoms with Gasteiger partial charge in [0.05, 0.1) is 11.3 Å². The van der Waals surface area contributed by atoms with Crippen molar-refractivity contribution in [3.8, 4) is 5.75 Å². The summed E-state index contributed by atoms with van der Waals surface area (Å²) in [6.07, 6.45) is 0. The van der Waals surface area contributed by atoms with Gasteiger partial charge in [0.15, 0.2) is 0 Å². The summed E-state index contributed by atoms with van der Waals surface area (Å²) in [6.45, 7) is 3.74. The zero-order chi connectivity index (χ0) is 14.9. The fraction of sp³-hybridized carbons (Fsp3) is 0.133. The van der Waals surface area contributed by atoms with Crippen LogP contribution in [0.15, 0.2) is 34.8 Å². The molecule has 0 aromatic heterocycles. The summed E-state index contributed by atoms with van der Waals surface area (Å²) in [4.78, 5) is 12.2. The maximum Gasteiger partial charge on any atom is 0.259 e. The number of hydrogen-bond donors (Lipinski definition) is 2. The minimum atomic E-state index is -0.383. The van der Waals surface area contributed by atoms with E-state index in [9.17, 15) is 9.90 Å². The van der Waals surface area contributed by atoms with Gasteiger partial charge in [0.2, 0.25) is 0 Å². The fourth-order valence-electron chi connectivity index (χ4n) is 1.76. The normalized spacial score (nSPS) is 10.4. The largest absolute Gasteiger partial charge is 0.507 e. The first-order chi connectivity index (χ1) is 9.38. The molecule has 0 saturated carbocycles. The molecule has 2 aromatic carbocycles. The SMILES string of the molecule is Cc1ccc(O)c(C(=O)Nc2cc(Cl)c(C)cc2Br)c1. The van der Waals surface area contributed by atoms with Gasteiger partial charge in [-0.15, -0.1) is 0 Å². The first-order valence-corrected chi connectivity index (χ1v) is 7.12. The number of aryl methyl sites for hydroxylation is 2. The average Bonchev–Trinajstić information content (AvgIpc) is 2.38. The van der Waals surface area contributed by atoms with Crippen molar-refractivity contribution in [2.75, 3.05) is 5.32 Å². The van der Waals surface area contributed by atoms with Crippen LogP contribution in [0.2, 0.25) is 5.02 Å². The number of phenolic OH excluding ortho intramolecular Hbond substituents is 1. The van der Waals surface area contributed by atoms with E-state index in [1.807, 2.05) is 19.9 Å². The second kappa shape index (κ2) is 5.85. The fourth-order valence-corrected chi connectivity index (χ4v) is 2.48. The summed E-state index contributed by atoms with van der Waals surface area (Å²) in [5, 5.41) is 13.1. The maximum atomic E-state index is 12.2. The number of rotatable bonds is 2. The van der Waals surface area contributed by atoms with Crippen LogP contribution >= 0.6 is 27.5 Å². The second-order valence-corrected chi connectivity index (χ2v) is 5.82. The maximum absolute atomic E-state index is 12.2. The van der Waals surface area contributed by atoms with Crippen LogP contribution in [0.5, 0.6) is 5.75 Å². The summed E-state index contributed by atoms with van der Waals surface area (Å²) in [7, 11) is 0. The molecule has 20 heavy (non-hydrogen) atoms. The monoisotopic (exact) mass is 353 g/mol. The van der Waals surface area contributed by atoms with Crippen molar-refractivity contribution in [2.24, 2.45) is 0 Å². The number of amides is 1. The Balaban J connectivity index is 2.32. The smallest absolute Gasteiger partial charge is 0.259 e. The van der Waals surface area contributed by atoms with Crippen LogP contribution < -0.4 is 5.32 Å². The quantitative estimate of drug-likeness (QED) is 0.823. The number of carbonyl (C=O) groups is 1. The van der Waals surface area contributed by atoms with Crippen molar-refractivity contribution in [3.05, 3.63) is 56.5 Å². The van der Waals surface area contributed by atoms with E-state index >= 15 is 0 Å². The highest BCUT2D eigenvalue weighted by Gasteiger charge is 2.13. The van der Waals surface area contributed by atoms with Gasteiger partial charge in [-0.05, 0) is 59.6 Å². The Hall–Kier alpha value is -1.52. The molecule has 0 aliphatic rings. The molecule has 2 rings (SSSR count). The minimum Gasteiger partial charge on any atom is -0.507 e. The first-order valence-electron chi connectivity index (χ1n) is 5.95. The molecule has 2 N–H and O–H groups in total. The van der Waals surface area contributed by atoms with Crippen molar-refractivity contribution >= 4 is 39.1 Å². The first kappa shape index (κ1) is 14.9. The van der Waals surface area contributed by atoms with Crippen LogP contribution in [0.25, 0.3) is 0 Å². The van der Waals surface area contributed by atoms with Crippen LogP contribution in [0.1, 0.15) is 21.5 Å². The van der Waals surface area contributed by atoms with Crippen LogP contribution in [0.4, 0.5) is 5.69 Å². The minimum absolute atomic E-state index is 0.0533. The molecule has 0 bridgehead atoms. The molecule has 0 fully saturated rings. The Bertz CT molecular complexity index is 686. The topological polar surface area (TPSA) is 49.3 Å². The predicted molar refractivity (Wildman–Crippen MR) is 84.7 cm³/mol. The zero-order valence-corrected chi connectivity index (χ0v) is 13.3. The molecule has 0 atom stereocenters. The second-order valence-electron chi connectivity index (χ2n) is 4.56. The Morgan fingerprint density at radius 1 is 1.25 bits per heavy atom. The molecule has 0 unspecified atom stereocenters. The van der Waals surface area contributed by atoms with E-state index in [2.05, 4.69) is 21.2 Å². The molecule has 1 amide bonds. The number of benzene rings is 2. The molecule has 2 aromatic rings. The molecule has 5 heteroatoms. The third-order valence-corrected chi connectivity index (χ3v) is 3.96. The number of phenols is 1. The van der Waals surface area contributed by atoms with Crippen molar-refractivity contribution in [3.63, 3.8) is 0 Å². The van der Waals surface area contributed by atoms with Gasteiger partial charge in [-0.3, -0.25) is 4.79 Å². The van der Waals surface area contributed by atoms with Crippen LogP contribution in [-0.2, 0) is 0 Å². The van der Waals surface area contributed by atoms with E-state index < -0.39 is 0 Å². The Labute approximate surface area is 130 Å². The molecule has 0 radical (unpaired) electrons. The third kappa shape index (κ3) is 3.14. The average molecular weight is 355 g/mol. The van der Waals surface area contributed by atoms with E-state index in [1.54, 1.807) is 18.2 Å². The highest BCUT2D eigenvalue weighted by molar-refractivity contribution is 9.10. The van der Waals surface area contributed by atoms with E-state index in [-0.39, 0.29) is 17.2 Å². The molecule has 0 aliphatic heterocycles. The van der Waals surface area contributed by atoms with Crippen molar-refractivity contribution < 1.29 is 9.90 Å². The summed E-state index contributed by atoms with van der Waals surface area (Å²) >= 11 is 9.43. The Morgan fingerprint density at radius 2 is 1.95 bits per heavy atom. The lowest BCUT2D eigenvalue weighted by Crippen LogP contribution is -2.12. The number of carbonyl (C=O) groups excluding carboxylic acids is 1. The molecule has 0 saturated heterocycles. The summed E-state index contributed by atoms with van der Waals surface area (Å²) in [5.41, 5.74) is 2.60. The van der Waals surface area contributed by atoms with Gasteiger partial charge in [0, 0.05) is 9.50 Å². The van der Waals surface area contributed by atoms with Gasteiger partial charge < -0.3 is 10.4 Å². The Morgan fingerprint density at radius 3 is 2.65 bits per heavy atom. The lowest BCUT2D eigenvalue weighted by molar-refractivity contribution is 0.102. The lowest BCUT2D eigenvalue weighted by atomic mass is 10.1. The van der Waals surface area contributed by atoms with E-state index in [4.69, 9.17) is 11.6 Å². The van der Waals surface area contributed by atoms with Crippen LogP contribution in [0, 0.1) is 13.8 Å². The number of hydrogen-bond acceptors (Lipinski definition) is 2. The van der Waals surface area contributed by atoms with E-state index in [0.29, 0.717) is 10.7 Å². The zero-order valence-electron chi connectivity index (χ0n) is 11.0. The molecule has 104 valence electrons. The number of nitrogens with one attached hydrogen (secondary N) is 1. The highest BCUT2D eigenvalue weighted by Crippen LogP contribution is 2.30. The molecule has 0 heterocycles. The van der Waals surface area contributed by atoms with Gasteiger partial charge in [0.1, 0.15) is 5.75 Å². The molecule has 3 nitrogen and oxygen atoms in total. The standard InChI is InChI=1S/C15H13BrClNO2/c1-8-3-4-14(19)10(5-8)15(20)18-13-7-12(17)9(2)6-11(13)16/h3-7,19H,1-2H3,(H,18,20). The summed E-state index contributed by atoms with van der Waals surface area (Å²) in [5.74, 6) is -0.436. The van der Waals surface area contributed by atoms with Gasteiger partial charge >= 0.3 is 0 Å². The number of halogens is 2. The summed E-state index contributed by atoms with van der Waals surface area (Å²) < 4.78 is 0.736. The van der Waals surface area contributed by atoms with E-state index in [0.717, 1.165) is 15.6 Å². The van der Waals surface area contributed by atoms with Crippen LogP contribution in [0.3, 0.4) is 0 Å². The molecular weight excluding hydrogens is 342 g/mol. The van der Waals surface area contributed by atoms with Gasteiger partial charge in [-0.25, -0.2) is 0 Å². The molecule has 0 aliphatic carbocycles.